The zero-order valence-corrected chi connectivity index (χ0v) is 9.27. The molecule has 0 spiro atoms. The second kappa shape index (κ2) is 6.06. The zero-order chi connectivity index (χ0) is 11.1. The smallest absolute Gasteiger partial charge is 0.409 e. The van der Waals surface area contributed by atoms with E-state index in [9.17, 15) is 4.79 Å². The van der Waals surface area contributed by atoms with Crippen molar-refractivity contribution in [2.75, 3.05) is 13.6 Å². The summed E-state index contributed by atoms with van der Waals surface area (Å²) in [6.07, 6.45) is 0.678. The van der Waals surface area contributed by atoms with Crippen LogP contribution in [-0.2, 0) is 11.3 Å². The standard InChI is InChI=1S/C12H17NO2/c1-3-9-13(2)12(14)15-10-11-7-5-4-6-8-11/h4-8H,3,9-10H2,1-2H3. The van der Waals surface area contributed by atoms with E-state index in [0.717, 1.165) is 18.5 Å². The molecule has 1 rings (SSSR count). The number of carbonyl (C=O) groups is 1. The first kappa shape index (κ1) is 11.6. The van der Waals surface area contributed by atoms with E-state index in [4.69, 9.17) is 4.74 Å². The first-order valence-electron chi connectivity index (χ1n) is 5.16. The molecule has 1 aromatic rings. The molecule has 0 aromatic heterocycles. The summed E-state index contributed by atoms with van der Waals surface area (Å²) in [5.41, 5.74) is 1.01. The first-order valence-corrected chi connectivity index (χ1v) is 5.16. The second-order valence-electron chi connectivity index (χ2n) is 3.46. The van der Waals surface area contributed by atoms with E-state index >= 15 is 0 Å². The van der Waals surface area contributed by atoms with Crippen LogP contribution in [0, 0.1) is 0 Å². The summed E-state index contributed by atoms with van der Waals surface area (Å²) in [6.45, 7) is 3.10. The molecule has 1 aromatic carbocycles. The van der Waals surface area contributed by atoms with Crippen molar-refractivity contribution in [3.8, 4) is 0 Å². The van der Waals surface area contributed by atoms with Gasteiger partial charge in [0.15, 0.2) is 0 Å². The largest absolute Gasteiger partial charge is 0.445 e. The van der Waals surface area contributed by atoms with Gasteiger partial charge in [0, 0.05) is 13.6 Å². The molecule has 0 unspecified atom stereocenters. The molecule has 1 amide bonds. The summed E-state index contributed by atoms with van der Waals surface area (Å²) in [5, 5.41) is 0. The van der Waals surface area contributed by atoms with Crippen molar-refractivity contribution in [2.24, 2.45) is 0 Å². The lowest BCUT2D eigenvalue weighted by atomic mass is 10.2. The van der Waals surface area contributed by atoms with Gasteiger partial charge in [-0.2, -0.15) is 0 Å². The molecule has 0 atom stereocenters. The molecule has 0 N–H and O–H groups in total. The van der Waals surface area contributed by atoms with Crippen molar-refractivity contribution in [1.82, 2.24) is 4.90 Å². The lowest BCUT2D eigenvalue weighted by Crippen LogP contribution is -2.27. The van der Waals surface area contributed by atoms with Crippen molar-refractivity contribution < 1.29 is 9.53 Å². The monoisotopic (exact) mass is 207 g/mol. The van der Waals surface area contributed by atoms with E-state index in [1.807, 2.05) is 37.3 Å². The number of nitrogens with zero attached hydrogens (tertiary/aromatic N) is 1. The van der Waals surface area contributed by atoms with Crippen molar-refractivity contribution in [2.45, 2.75) is 20.0 Å². The van der Waals surface area contributed by atoms with Gasteiger partial charge >= 0.3 is 6.09 Å². The van der Waals surface area contributed by atoms with E-state index in [1.165, 1.54) is 0 Å². The van der Waals surface area contributed by atoms with Gasteiger partial charge in [0.05, 0.1) is 0 Å². The fourth-order valence-electron chi connectivity index (χ4n) is 1.26. The normalized spacial score (nSPS) is 9.73. The van der Waals surface area contributed by atoms with E-state index in [0.29, 0.717) is 6.61 Å². The molecule has 0 bridgehead atoms. The first-order chi connectivity index (χ1) is 7.24. The van der Waals surface area contributed by atoms with Gasteiger partial charge in [-0.05, 0) is 12.0 Å². The number of carbonyl (C=O) groups excluding carboxylic acids is 1. The van der Waals surface area contributed by atoms with Crippen LogP contribution in [0.3, 0.4) is 0 Å². The van der Waals surface area contributed by atoms with E-state index in [-0.39, 0.29) is 6.09 Å². The fourth-order valence-corrected chi connectivity index (χ4v) is 1.26. The van der Waals surface area contributed by atoms with Gasteiger partial charge in [0.2, 0.25) is 0 Å². The highest BCUT2D eigenvalue weighted by Gasteiger charge is 2.07. The van der Waals surface area contributed by atoms with Gasteiger partial charge in [-0.15, -0.1) is 0 Å². The SMILES string of the molecule is CCCN(C)C(=O)OCc1ccccc1. The molecule has 0 saturated heterocycles. The Hall–Kier alpha value is -1.51. The Bertz CT molecular complexity index is 298. The van der Waals surface area contributed by atoms with Crippen LogP contribution in [0.5, 0.6) is 0 Å². The average molecular weight is 207 g/mol. The maximum absolute atomic E-state index is 11.4. The molecular weight excluding hydrogens is 190 g/mol. The van der Waals surface area contributed by atoms with Crippen LogP contribution in [0.1, 0.15) is 18.9 Å². The molecule has 0 heterocycles. The Labute approximate surface area is 90.7 Å². The molecule has 0 fully saturated rings. The molecule has 0 aliphatic rings. The zero-order valence-electron chi connectivity index (χ0n) is 9.27. The maximum Gasteiger partial charge on any atom is 0.409 e. The number of hydrogen-bond acceptors (Lipinski definition) is 2. The van der Waals surface area contributed by atoms with Gasteiger partial charge in [-0.25, -0.2) is 4.79 Å². The maximum atomic E-state index is 11.4. The Balaban J connectivity index is 2.34. The Kier molecular flexibility index (Phi) is 4.68. The minimum absolute atomic E-state index is 0.263. The van der Waals surface area contributed by atoms with E-state index in [1.54, 1.807) is 11.9 Å². The molecule has 0 saturated carbocycles. The Morgan fingerprint density at radius 3 is 2.60 bits per heavy atom. The third-order valence-electron chi connectivity index (χ3n) is 2.08. The molecule has 0 aliphatic heterocycles. The van der Waals surface area contributed by atoms with Crippen molar-refractivity contribution >= 4 is 6.09 Å². The number of amides is 1. The van der Waals surface area contributed by atoms with Gasteiger partial charge in [0.1, 0.15) is 6.61 Å². The van der Waals surface area contributed by atoms with Crippen LogP contribution in [-0.4, -0.2) is 24.6 Å². The fraction of sp³-hybridized carbons (Fsp3) is 0.417. The predicted octanol–water partition coefficient (Wildman–Crippen LogP) is 2.67. The minimum atomic E-state index is -0.263. The van der Waals surface area contributed by atoms with Gasteiger partial charge in [-0.1, -0.05) is 37.3 Å². The quantitative estimate of drug-likeness (QED) is 0.759. The number of rotatable bonds is 4. The van der Waals surface area contributed by atoms with Crippen LogP contribution < -0.4 is 0 Å². The highest BCUT2D eigenvalue weighted by molar-refractivity contribution is 5.67. The van der Waals surface area contributed by atoms with Crippen LogP contribution in [0.15, 0.2) is 30.3 Å². The summed E-state index contributed by atoms with van der Waals surface area (Å²) in [4.78, 5) is 13.0. The third-order valence-corrected chi connectivity index (χ3v) is 2.08. The molecule has 3 nitrogen and oxygen atoms in total. The number of hydrogen-bond donors (Lipinski definition) is 0. The van der Waals surface area contributed by atoms with Crippen molar-refractivity contribution in [3.05, 3.63) is 35.9 Å². The molecule has 0 radical (unpaired) electrons. The molecule has 0 aliphatic carbocycles. The molecular formula is C12H17NO2. The summed E-state index contributed by atoms with van der Waals surface area (Å²) < 4.78 is 5.13. The lowest BCUT2D eigenvalue weighted by Gasteiger charge is -2.15. The van der Waals surface area contributed by atoms with E-state index < -0.39 is 0 Å². The van der Waals surface area contributed by atoms with Gasteiger partial charge in [-0.3, -0.25) is 0 Å². The summed E-state index contributed by atoms with van der Waals surface area (Å²) in [5.74, 6) is 0. The summed E-state index contributed by atoms with van der Waals surface area (Å²) in [6, 6.07) is 9.67. The van der Waals surface area contributed by atoms with Crippen molar-refractivity contribution in [3.63, 3.8) is 0 Å². The topological polar surface area (TPSA) is 29.5 Å². The van der Waals surface area contributed by atoms with Crippen LogP contribution in [0.4, 0.5) is 4.79 Å². The Morgan fingerprint density at radius 1 is 1.33 bits per heavy atom. The predicted molar refractivity (Wildman–Crippen MR) is 59.5 cm³/mol. The highest BCUT2D eigenvalue weighted by Crippen LogP contribution is 2.02. The second-order valence-corrected chi connectivity index (χ2v) is 3.46. The van der Waals surface area contributed by atoms with E-state index in [2.05, 4.69) is 0 Å². The van der Waals surface area contributed by atoms with Crippen LogP contribution in [0.2, 0.25) is 0 Å². The summed E-state index contributed by atoms with van der Waals surface area (Å²) >= 11 is 0. The number of ether oxygens (including phenoxy) is 1. The average Bonchev–Trinajstić information content (AvgIpc) is 2.27. The van der Waals surface area contributed by atoms with Crippen LogP contribution in [0.25, 0.3) is 0 Å². The molecule has 82 valence electrons. The third kappa shape index (κ3) is 4.02. The van der Waals surface area contributed by atoms with Crippen molar-refractivity contribution in [1.29, 1.82) is 0 Å². The highest BCUT2D eigenvalue weighted by atomic mass is 16.6. The number of benzene rings is 1. The minimum Gasteiger partial charge on any atom is -0.445 e. The van der Waals surface area contributed by atoms with Gasteiger partial charge < -0.3 is 9.64 Å². The van der Waals surface area contributed by atoms with Crippen LogP contribution >= 0.6 is 0 Å². The lowest BCUT2D eigenvalue weighted by molar-refractivity contribution is 0.105. The Morgan fingerprint density at radius 2 is 2.00 bits per heavy atom. The molecule has 3 heteroatoms. The molecule has 15 heavy (non-hydrogen) atoms. The van der Waals surface area contributed by atoms with Gasteiger partial charge in [0.25, 0.3) is 0 Å². The summed E-state index contributed by atoms with van der Waals surface area (Å²) in [7, 11) is 1.75.